The van der Waals surface area contributed by atoms with E-state index in [1.165, 1.54) is 6.33 Å². The Balaban J connectivity index is 2.55. The van der Waals surface area contributed by atoms with Gasteiger partial charge in [0.15, 0.2) is 0 Å². The predicted octanol–water partition coefficient (Wildman–Crippen LogP) is 0.666. The van der Waals surface area contributed by atoms with Crippen molar-refractivity contribution >= 4 is 23.2 Å². The summed E-state index contributed by atoms with van der Waals surface area (Å²) in [5.74, 6) is 1.20. The smallest absolute Gasteiger partial charge is 0.255 e. The Morgan fingerprint density at radius 2 is 2.29 bits per heavy atom. The van der Waals surface area contributed by atoms with E-state index in [9.17, 15) is 0 Å². The average molecular weight is 213 g/mol. The maximum Gasteiger partial charge on any atom is 0.255 e. The van der Waals surface area contributed by atoms with Gasteiger partial charge in [0, 0.05) is 20.2 Å². The van der Waals surface area contributed by atoms with Crippen molar-refractivity contribution < 1.29 is 0 Å². The lowest BCUT2D eigenvalue weighted by Crippen LogP contribution is -2.21. The molecule has 0 spiro atoms. The molecule has 0 saturated heterocycles. The van der Waals surface area contributed by atoms with E-state index in [2.05, 4.69) is 20.5 Å². The predicted molar refractivity (Wildman–Crippen MR) is 53.1 cm³/mol. The van der Waals surface area contributed by atoms with Crippen LogP contribution in [0.2, 0.25) is 5.15 Å². The van der Waals surface area contributed by atoms with E-state index in [4.69, 9.17) is 11.6 Å². The molecule has 14 heavy (non-hydrogen) atoms. The highest BCUT2D eigenvalue weighted by Crippen LogP contribution is 2.14. The van der Waals surface area contributed by atoms with Gasteiger partial charge in [0.2, 0.25) is 0 Å². The first-order valence-electron chi connectivity index (χ1n) is 3.97. The van der Waals surface area contributed by atoms with Crippen LogP contribution in [0.4, 0.5) is 5.82 Å². The minimum atomic E-state index is 0.384. The molecule has 0 bridgehead atoms. The Morgan fingerprint density at radius 1 is 1.50 bits per heavy atom. The van der Waals surface area contributed by atoms with Crippen molar-refractivity contribution in [3.05, 3.63) is 17.5 Å². The number of fused-ring (bicyclic) bond motifs is 1. The molecule has 74 valence electrons. The molecule has 0 saturated carbocycles. The summed E-state index contributed by atoms with van der Waals surface area (Å²) in [6.45, 7) is 0. The third-order valence-electron chi connectivity index (χ3n) is 1.56. The van der Waals surface area contributed by atoms with Crippen molar-refractivity contribution in [1.29, 1.82) is 0 Å². The number of rotatable bonds is 2. The summed E-state index contributed by atoms with van der Waals surface area (Å²) in [6, 6.07) is 1.68. The summed E-state index contributed by atoms with van der Waals surface area (Å²) in [5.41, 5.74) is 3.04. The molecule has 0 fully saturated rings. The number of nitrogens with zero attached hydrogens (tertiary/aromatic N) is 5. The zero-order valence-corrected chi connectivity index (χ0v) is 8.52. The van der Waals surface area contributed by atoms with Crippen LogP contribution in [-0.4, -0.2) is 38.7 Å². The van der Waals surface area contributed by atoms with Gasteiger partial charge in [-0.3, -0.25) is 0 Å². The molecule has 0 atom stereocenters. The van der Waals surface area contributed by atoms with E-state index < -0.39 is 0 Å². The fraction of sp³-hybridized carbons (Fsp3) is 0.286. The molecule has 0 radical (unpaired) electrons. The van der Waals surface area contributed by atoms with Crippen molar-refractivity contribution in [2.24, 2.45) is 0 Å². The number of halogens is 1. The molecule has 0 aromatic carbocycles. The van der Waals surface area contributed by atoms with Gasteiger partial charge in [-0.1, -0.05) is 11.6 Å². The maximum absolute atomic E-state index is 5.81. The van der Waals surface area contributed by atoms with Gasteiger partial charge in [-0.25, -0.2) is 5.01 Å². The summed E-state index contributed by atoms with van der Waals surface area (Å²) in [5, 5.41) is 6.18. The standard InChI is InChI=1S/C7H9ClN6/c1-13(2)12-6-3-5(8)11-7-9-4-10-14(6)7/h3-4,12H,1-2H3. The number of aromatic nitrogens is 4. The summed E-state index contributed by atoms with van der Waals surface area (Å²) < 4.78 is 1.58. The van der Waals surface area contributed by atoms with Crippen LogP contribution in [0, 0.1) is 0 Å². The van der Waals surface area contributed by atoms with Crippen LogP contribution in [-0.2, 0) is 0 Å². The van der Waals surface area contributed by atoms with E-state index in [0.29, 0.717) is 10.9 Å². The Morgan fingerprint density at radius 3 is 3.00 bits per heavy atom. The Kier molecular flexibility index (Phi) is 2.22. The van der Waals surface area contributed by atoms with Crippen LogP contribution in [0.3, 0.4) is 0 Å². The van der Waals surface area contributed by atoms with Gasteiger partial charge in [-0.05, 0) is 0 Å². The van der Waals surface area contributed by atoms with Gasteiger partial charge in [0.1, 0.15) is 17.3 Å². The SMILES string of the molecule is CN(C)Nc1cc(Cl)nc2ncnn12. The molecule has 0 unspecified atom stereocenters. The molecule has 0 aliphatic heterocycles. The van der Waals surface area contributed by atoms with E-state index in [-0.39, 0.29) is 0 Å². The van der Waals surface area contributed by atoms with Gasteiger partial charge < -0.3 is 5.43 Å². The lowest BCUT2D eigenvalue weighted by Gasteiger charge is -2.13. The summed E-state index contributed by atoms with van der Waals surface area (Å²) in [4.78, 5) is 7.95. The fourth-order valence-corrected chi connectivity index (χ4v) is 1.27. The average Bonchev–Trinajstić information content (AvgIpc) is 2.50. The Labute approximate surface area is 85.5 Å². The van der Waals surface area contributed by atoms with Crippen molar-refractivity contribution in [1.82, 2.24) is 24.6 Å². The first kappa shape index (κ1) is 9.17. The maximum atomic E-state index is 5.81. The van der Waals surface area contributed by atoms with Gasteiger partial charge in [-0.2, -0.15) is 19.6 Å². The van der Waals surface area contributed by atoms with Crippen molar-refractivity contribution in [3.63, 3.8) is 0 Å². The largest absolute Gasteiger partial charge is 0.303 e. The highest BCUT2D eigenvalue weighted by Gasteiger charge is 2.05. The second-order valence-corrected chi connectivity index (χ2v) is 3.33. The van der Waals surface area contributed by atoms with Crippen LogP contribution in [0.25, 0.3) is 5.78 Å². The molecule has 2 aromatic heterocycles. The second-order valence-electron chi connectivity index (χ2n) is 2.94. The van der Waals surface area contributed by atoms with Crippen molar-refractivity contribution in [2.45, 2.75) is 0 Å². The van der Waals surface area contributed by atoms with Crippen LogP contribution in [0.5, 0.6) is 0 Å². The molecule has 7 heteroatoms. The molecule has 2 heterocycles. The van der Waals surface area contributed by atoms with Crippen LogP contribution in [0.15, 0.2) is 12.4 Å². The zero-order chi connectivity index (χ0) is 10.1. The highest BCUT2D eigenvalue weighted by molar-refractivity contribution is 6.29. The summed E-state index contributed by atoms with van der Waals surface area (Å²) >= 11 is 5.81. The highest BCUT2D eigenvalue weighted by atomic mass is 35.5. The monoisotopic (exact) mass is 212 g/mol. The number of anilines is 1. The first-order chi connectivity index (χ1) is 6.66. The quantitative estimate of drug-likeness (QED) is 0.586. The molecule has 0 amide bonds. The molecule has 2 rings (SSSR count). The first-order valence-corrected chi connectivity index (χ1v) is 4.35. The van der Waals surface area contributed by atoms with E-state index in [0.717, 1.165) is 5.82 Å². The fourth-order valence-electron chi connectivity index (χ4n) is 1.09. The summed E-state index contributed by atoms with van der Waals surface area (Å²) in [7, 11) is 3.74. The third kappa shape index (κ3) is 1.61. The lowest BCUT2D eigenvalue weighted by molar-refractivity contribution is 0.489. The second kappa shape index (κ2) is 3.39. The minimum Gasteiger partial charge on any atom is -0.303 e. The zero-order valence-electron chi connectivity index (χ0n) is 7.77. The van der Waals surface area contributed by atoms with E-state index in [1.54, 1.807) is 15.6 Å². The molecule has 0 aliphatic carbocycles. The molecular weight excluding hydrogens is 204 g/mol. The van der Waals surface area contributed by atoms with Crippen molar-refractivity contribution in [3.8, 4) is 0 Å². The normalized spacial score (nSPS) is 11.1. The molecule has 1 N–H and O–H groups in total. The molecule has 2 aromatic rings. The Bertz CT molecular complexity index is 450. The topological polar surface area (TPSA) is 58.3 Å². The van der Waals surface area contributed by atoms with E-state index in [1.807, 2.05) is 14.1 Å². The van der Waals surface area contributed by atoms with Crippen LogP contribution < -0.4 is 5.43 Å². The van der Waals surface area contributed by atoms with Crippen LogP contribution in [0.1, 0.15) is 0 Å². The molecular formula is C7H9ClN6. The number of hydrazine groups is 1. The minimum absolute atomic E-state index is 0.384. The summed E-state index contributed by atoms with van der Waals surface area (Å²) in [6.07, 6.45) is 1.43. The van der Waals surface area contributed by atoms with Crippen LogP contribution >= 0.6 is 11.6 Å². The van der Waals surface area contributed by atoms with Crippen molar-refractivity contribution in [2.75, 3.05) is 19.5 Å². The Hall–Kier alpha value is -1.40. The lowest BCUT2D eigenvalue weighted by atomic mass is 10.6. The number of nitrogens with one attached hydrogen (secondary N) is 1. The molecule has 6 nitrogen and oxygen atoms in total. The number of hydrogen-bond donors (Lipinski definition) is 1. The van der Waals surface area contributed by atoms with E-state index >= 15 is 0 Å². The molecule has 0 aliphatic rings. The van der Waals surface area contributed by atoms with Gasteiger partial charge in [0.25, 0.3) is 5.78 Å². The number of hydrogen-bond acceptors (Lipinski definition) is 5. The third-order valence-corrected chi connectivity index (χ3v) is 1.75. The van der Waals surface area contributed by atoms with Gasteiger partial charge in [0.05, 0.1) is 0 Å². The van der Waals surface area contributed by atoms with Gasteiger partial charge >= 0.3 is 0 Å². The van der Waals surface area contributed by atoms with Gasteiger partial charge in [-0.15, -0.1) is 0 Å².